The number of ether oxygens (including phenoxy) is 1. The van der Waals surface area contributed by atoms with E-state index in [0.29, 0.717) is 6.54 Å². The highest BCUT2D eigenvalue weighted by Crippen LogP contribution is 2.39. The van der Waals surface area contributed by atoms with Crippen molar-refractivity contribution >= 4 is 23.9 Å². The molecular formula is C31H44N3O+. The van der Waals surface area contributed by atoms with Crippen LogP contribution in [-0.4, -0.2) is 36.1 Å². The lowest BCUT2D eigenvalue weighted by atomic mass is 9.79. The first-order valence-corrected chi connectivity index (χ1v) is 12.5. The summed E-state index contributed by atoms with van der Waals surface area (Å²) in [4.78, 5) is 0. The third kappa shape index (κ3) is 5.54. The van der Waals surface area contributed by atoms with Gasteiger partial charge in [-0.25, -0.2) is 4.58 Å². The molecule has 0 fully saturated rings. The average molecular weight is 475 g/mol. The van der Waals surface area contributed by atoms with Gasteiger partial charge >= 0.3 is 0 Å². The summed E-state index contributed by atoms with van der Waals surface area (Å²) >= 11 is 0. The van der Waals surface area contributed by atoms with Gasteiger partial charge in [0.1, 0.15) is 12.8 Å². The number of nitrogens with zero attached hydrogens (tertiary/aromatic N) is 2. The summed E-state index contributed by atoms with van der Waals surface area (Å²) in [7, 11) is 6.01. The van der Waals surface area contributed by atoms with Crippen LogP contribution in [0.25, 0.3) is 17.7 Å². The van der Waals surface area contributed by atoms with E-state index >= 15 is 0 Å². The molecule has 35 heavy (non-hydrogen) atoms. The zero-order valence-electron chi connectivity index (χ0n) is 23.4. The molecule has 4 heteroatoms. The van der Waals surface area contributed by atoms with Gasteiger partial charge in [-0.15, -0.1) is 0 Å². The van der Waals surface area contributed by atoms with Gasteiger partial charge in [-0.05, 0) is 66.1 Å². The molecule has 0 bridgehead atoms. The molecule has 2 N–H and O–H groups in total. The molecule has 1 aliphatic heterocycles. The standard InChI is InChI=1S/C31H44N3O/c1-21-18-24(34(9)28(21)25(15-16-32)27-12-11-17-33(27)8)14-13-22-19-23(30(2,3)4)20-26(29(22)35-10)31(5,6)7/h11-14,17-20H,15-16,32H2,1-10H3/q+1. The van der Waals surface area contributed by atoms with Crippen LogP contribution in [0.3, 0.4) is 0 Å². The van der Waals surface area contributed by atoms with E-state index in [2.05, 4.69) is 120 Å². The Morgan fingerprint density at radius 1 is 1.06 bits per heavy atom. The van der Waals surface area contributed by atoms with Gasteiger partial charge in [0.15, 0.2) is 6.21 Å². The van der Waals surface area contributed by atoms with Gasteiger partial charge in [0.05, 0.1) is 12.8 Å². The summed E-state index contributed by atoms with van der Waals surface area (Å²) < 4.78 is 10.4. The Balaban J connectivity index is 2.15. The molecule has 2 aromatic rings. The number of rotatable bonds is 6. The maximum atomic E-state index is 6.03. The van der Waals surface area contributed by atoms with Crippen LogP contribution in [0.1, 0.15) is 81.6 Å². The molecule has 0 amide bonds. The van der Waals surface area contributed by atoms with Crippen molar-refractivity contribution < 1.29 is 9.31 Å². The molecule has 3 rings (SSSR count). The molecule has 0 spiro atoms. The van der Waals surface area contributed by atoms with Crippen LogP contribution in [0.15, 0.2) is 36.0 Å². The van der Waals surface area contributed by atoms with Crippen LogP contribution in [-0.2, 0) is 17.9 Å². The van der Waals surface area contributed by atoms with Crippen LogP contribution in [0.4, 0.5) is 0 Å². The molecule has 0 atom stereocenters. The molecule has 2 heterocycles. The Labute approximate surface area is 212 Å². The Hall–Kier alpha value is -2.85. The number of aromatic nitrogens is 1. The second-order valence-electron chi connectivity index (χ2n) is 11.7. The summed E-state index contributed by atoms with van der Waals surface area (Å²) in [5.41, 5.74) is 15.8. The fraction of sp³-hybridized carbons (Fsp3) is 0.452. The fourth-order valence-corrected chi connectivity index (χ4v) is 4.84. The van der Waals surface area contributed by atoms with Crippen LogP contribution in [0, 0.1) is 6.92 Å². The predicted molar refractivity (Wildman–Crippen MR) is 151 cm³/mol. The van der Waals surface area contributed by atoms with E-state index in [9.17, 15) is 0 Å². The van der Waals surface area contributed by atoms with Crippen molar-refractivity contribution in [1.82, 2.24) is 4.57 Å². The summed E-state index contributed by atoms with van der Waals surface area (Å²) in [6, 6.07) is 6.85. The number of likely N-dealkylation sites (N-methyl/N-ethyl adjacent to an activating group) is 1. The molecule has 1 aromatic carbocycles. The van der Waals surface area contributed by atoms with E-state index in [1.54, 1.807) is 7.11 Å². The van der Waals surface area contributed by atoms with Gasteiger partial charge in [-0.2, -0.15) is 0 Å². The topological polar surface area (TPSA) is 43.2 Å². The minimum atomic E-state index is -0.0227. The number of aryl methyl sites for hydroxylation is 1. The first kappa shape index (κ1) is 26.7. The highest BCUT2D eigenvalue weighted by molar-refractivity contribution is 5.79. The van der Waals surface area contributed by atoms with Crippen molar-refractivity contribution in [1.29, 1.82) is 0 Å². The molecular weight excluding hydrogens is 430 g/mol. The summed E-state index contributed by atoms with van der Waals surface area (Å²) in [5.74, 6) is 0.951. The third-order valence-corrected chi connectivity index (χ3v) is 6.82. The first-order chi connectivity index (χ1) is 16.3. The van der Waals surface area contributed by atoms with Crippen LogP contribution in [0.2, 0.25) is 0 Å². The Bertz CT molecular complexity index is 1220. The number of hydrogen-bond acceptors (Lipinski definition) is 2. The van der Waals surface area contributed by atoms with Gasteiger partial charge < -0.3 is 15.0 Å². The average Bonchev–Trinajstić information content (AvgIpc) is 3.31. The van der Waals surface area contributed by atoms with Gasteiger partial charge in [0.2, 0.25) is 5.70 Å². The molecule has 0 radical (unpaired) electrons. The van der Waals surface area contributed by atoms with E-state index in [1.807, 2.05) is 0 Å². The number of benzene rings is 1. The maximum Gasteiger partial charge on any atom is 0.210 e. The quantitative estimate of drug-likeness (QED) is 0.489. The third-order valence-electron chi connectivity index (χ3n) is 6.82. The summed E-state index contributed by atoms with van der Waals surface area (Å²) in [6.07, 6.45) is 11.6. The van der Waals surface area contributed by atoms with Gasteiger partial charge in [0.25, 0.3) is 0 Å². The van der Waals surface area contributed by atoms with E-state index < -0.39 is 0 Å². The van der Waals surface area contributed by atoms with Crippen LogP contribution >= 0.6 is 0 Å². The first-order valence-electron chi connectivity index (χ1n) is 12.5. The Kier molecular flexibility index (Phi) is 7.66. The summed E-state index contributed by atoms with van der Waals surface area (Å²) in [5, 5.41) is 0. The molecule has 0 unspecified atom stereocenters. The number of methoxy groups -OCH3 is 1. The predicted octanol–water partition coefficient (Wildman–Crippen LogP) is 6.45. The number of allylic oxidation sites excluding steroid dienone is 2. The largest absolute Gasteiger partial charge is 0.496 e. The van der Waals surface area contributed by atoms with Crippen molar-refractivity contribution in [2.75, 3.05) is 20.7 Å². The molecule has 1 aromatic heterocycles. The van der Waals surface area contributed by atoms with Crippen molar-refractivity contribution in [3.8, 4) is 5.75 Å². The molecule has 1 aliphatic rings. The zero-order valence-corrected chi connectivity index (χ0v) is 23.4. The molecule has 0 saturated carbocycles. The van der Waals surface area contributed by atoms with Gasteiger partial charge in [-0.3, -0.25) is 0 Å². The lowest BCUT2D eigenvalue weighted by molar-refractivity contribution is -0.428. The maximum absolute atomic E-state index is 6.03. The van der Waals surface area contributed by atoms with E-state index in [4.69, 9.17) is 10.5 Å². The smallest absolute Gasteiger partial charge is 0.210 e. The van der Waals surface area contributed by atoms with E-state index in [-0.39, 0.29) is 10.8 Å². The minimum Gasteiger partial charge on any atom is -0.496 e. The molecule has 188 valence electrons. The van der Waals surface area contributed by atoms with Crippen molar-refractivity contribution in [2.24, 2.45) is 12.8 Å². The normalized spacial score (nSPS) is 15.8. The van der Waals surface area contributed by atoms with Crippen molar-refractivity contribution in [3.63, 3.8) is 0 Å². The lowest BCUT2D eigenvalue weighted by Gasteiger charge is -2.28. The highest BCUT2D eigenvalue weighted by Gasteiger charge is 2.26. The van der Waals surface area contributed by atoms with E-state index in [0.717, 1.165) is 23.4 Å². The Morgan fingerprint density at radius 2 is 1.74 bits per heavy atom. The minimum absolute atomic E-state index is 0.0227. The molecule has 0 aliphatic carbocycles. The fourth-order valence-electron chi connectivity index (χ4n) is 4.84. The van der Waals surface area contributed by atoms with E-state index in [1.165, 1.54) is 33.7 Å². The second-order valence-corrected chi connectivity index (χ2v) is 11.7. The van der Waals surface area contributed by atoms with Crippen molar-refractivity contribution in [2.45, 2.75) is 65.7 Å². The van der Waals surface area contributed by atoms with Crippen LogP contribution < -0.4 is 10.5 Å². The van der Waals surface area contributed by atoms with Crippen LogP contribution in [0.5, 0.6) is 5.75 Å². The molecule has 0 saturated heterocycles. The monoisotopic (exact) mass is 474 g/mol. The SMILES string of the molecule is COc1c(C=Cc2cc(C)c(C(CCN)=C3C=CC=[N+]3C)n2C)cc(C(C)(C)C)cc1C(C)(C)C. The zero-order chi connectivity index (χ0) is 26.1. The number of hydrogen-bond donors (Lipinski definition) is 1. The molecule has 4 nitrogen and oxygen atoms in total. The van der Waals surface area contributed by atoms with Gasteiger partial charge in [-0.1, -0.05) is 47.6 Å². The summed E-state index contributed by atoms with van der Waals surface area (Å²) in [6.45, 7) is 16.3. The van der Waals surface area contributed by atoms with Crippen molar-refractivity contribution in [3.05, 3.63) is 69.7 Å². The highest BCUT2D eigenvalue weighted by atomic mass is 16.5. The van der Waals surface area contributed by atoms with Gasteiger partial charge in [0, 0.05) is 41.6 Å². The Morgan fingerprint density at radius 3 is 2.26 bits per heavy atom. The number of nitrogens with two attached hydrogens (primary N) is 1. The second kappa shape index (κ2) is 10.0. The lowest BCUT2D eigenvalue weighted by Crippen LogP contribution is -2.18.